The molecule has 1 aromatic heterocycles. The van der Waals surface area contributed by atoms with E-state index in [4.69, 9.17) is 15.0 Å². The number of hydrogen-bond donors (Lipinski definition) is 1. The van der Waals surface area contributed by atoms with Gasteiger partial charge in [-0.1, -0.05) is 5.16 Å². The van der Waals surface area contributed by atoms with Gasteiger partial charge in [0, 0.05) is 25.8 Å². The summed E-state index contributed by atoms with van der Waals surface area (Å²) in [5, 5.41) is 3.90. The lowest BCUT2D eigenvalue weighted by atomic mass is 10.1. The Bertz CT molecular complexity index is 338. The number of nitrogens with zero attached hydrogens (tertiary/aromatic N) is 2. The fraction of sp³-hybridized carbons (Fsp3) is 0.750. The first-order valence-electron chi connectivity index (χ1n) is 6.30. The van der Waals surface area contributed by atoms with Crippen LogP contribution in [-0.2, 0) is 17.8 Å². The number of likely N-dealkylation sites (tertiary alicyclic amines) is 1. The summed E-state index contributed by atoms with van der Waals surface area (Å²) in [5.41, 5.74) is 6.32. The van der Waals surface area contributed by atoms with Crippen LogP contribution in [-0.4, -0.2) is 35.9 Å². The van der Waals surface area contributed by atoms with Crippen LogP contribution >= 0.6 is 0 Å². The van der Waals surface area contributed by atoms with E-state index in [0.29, 0.717) is 12.6 Å². The molecule has 1 atom stereocenters. The van der Waals surface area contributed by atoms with Crippen LogP contribution in [0.4, 0.5) is 0 Å². The lowest BCUT2D eigenvalue weighted by molar-refractivity contribution is 0.00156. The Balaban J connectivity index is 1.85. The number of nitrogens with two attached hydrogens (primary N) is 1. The first-order valence-corrected chi connectivity index (χ1v) is 6.30. The van der Waals surface area contributed by atoms with Crippen LogP contribution in [0.2, 0.25) is 0 Å². The molecule has 2 N–H and O–H groups in total. The topological polar surface area (TPSA) is 64.5 Å². The second-order valence-corrected chi connectivity index (χ2v) is 4.44. The highest BCUT2D eigenvalue weighted by atomic mass is 16.5. The van der Waals surface area contributed by atoms with E-state index in [1.807, 2.05) is 13.0 Å². The molecule has 0 aromatic carbocycles. The molecule has 1 aromatic rings. The number of rotatable bonds is 5. The van der Waals surface area contributed by atoms with Gasteiger partial charge in [-0.15, -0.1) is 0 Å². The molecule has 0 spiro atoms. The van der Waals surface area contributed by atoms with Gasteiger partial charge >= 0.3 is 0 Å². The highest BCUT2D eigenvalue weighted by Gasteiger charge is 2.21. The largest absolute Gasteiger partial charge is 0.377 e. The minimum absolute atomic E-state index is 0.366. The standard InChI is InChI=1S/C12H21N3O2/c1-2-16-11-4-3-5-15(8-11)9-12-6-10(7-13)14-17-12/h6,11H,2-5,7-9,13H2,1H3. The van der Waals surface area contributed by atoms with Crippen molar-refractivity contribution in [3.8, 4) is 0 Å². The minimum Gasteiger partial charge on any atom is -0.377 e. The van der Waals surface area contributed by atoms with Crippen LogP contribution in [0.3, 0.4) is 0 Å². The molecule has 96 valence electrons. The summed E-state index contributed by atoms with van der Waals surface area (Å²) >= 11 is 0. The number of hydrogen-bond acceptors (Lipinski definition) is 5. The van der Waals surface area contributed by atoms with Gasteiger partial charge in [0.25, 0.3) is 0 Å². The molecule has 1 saturated heterocycles. The molecule has 0 saturated carbocycles. The number of piperidine rings is 1. The van der Waals surface area contributed by atoms with Crippen molar-refractivity contribution in [1.29, 1.82) is 0 Å². The molecule has 1 aliphatic heterocycles. The third-order valence-electron chi connectivity index (χ3n) is 3.06. The van der Waals surface area contributed by atoms with Crippen molar-refractivity contribution in [1.82, 2.24) is 10.1 Å². The Labute approximate surface area is 102 Å². The second kappa shape index (κ2) is 6.14. The van der Waals surface area contributed by atoms with Crippen LogP contribution < -0.4 is 5.73 Å². The summed E-state index contributed by atoms with van der Waals surface area (Å²) in [4.78, 5) is 2.35. The highest BCUT2D eigenvalue weighted by molar-refractivity contribution is 5.04. The molecule has 5 heteroatoms. The zero-order valence-corrected chi connectivity index (χ0v) is 10.4. The summed E-state index contributed by atoms with van der Waals surface area (Å²) in [6, 6.07) is 1.93. The molecule has 0 radical (unpaired) electrons. The summed E-state index contributed by atoms with van der Waals surface area (Å²) in [6.45, 7) is 6.15. The minimum atomic E-state index is 0.366. The maximum atomic E-state index is 5.67. The van der Waals surface area contributed by atoms with Crippen molar-refractivity contribution in [2.45, 2.75) is 39.0 Å². The van der Waals surface area contributed by atoms with E-state index >= 15 is 0 Å². The van der Waals surface area contributed by atoms with Crippen LogP contribution in [0.15, 0.2) is 10.6 Å². The molecular weight excluding hydrogens is 218 g/mol. The average Bonchev–Trinajstić information content (AvgIpc) is 2.78. The summed E-state index contributed by atoms with van der Waals surface area (Å²) in [7, 11) is 0. The second-order valence-electron chi connectivity index (χ2n) is 4.44. The van der Waals surface area contributed by atoms with Crippen molar-refractivity contribution < 1.29 is 9.26 Å². The van der Waals surface area contributed by atoms with Gasteiger partial charge in [-0.3, -0.25) is 4.90 Å². The Morgan fingerprint density at radius 1 is 1.65 bits per heavy atom. The molecule has 17 heavy (non-hydrogen) atoms. The van der Waals surface area contributed by atoms with Gasteiger partial charge in [0.15, 0.2) is 5.76 Å². The third kappa shape index (κ3) is 3.52. The van der Waals surface area contributed by atoms with Gasteiger partial charge in [-0.25, -0.2) is 0 Å². The molecule has 1 fully saturated rings. The van der Waals surface area contributed by atoms with Crippen LogP contribution in [0.1, 0.15) is 31.2 Å². The van der Waals surface area contributed by atoms with Crippen LogP contribution in [0.5, 0.6) is 0 Å². The fourth-order valence-electron chi connectivity index (χ4n) is 2.28. The Hall–Kier alpha value is -0.910. The maximum absolute atomic E-state index is 5.67. The molecule has 0 aliphatic carbocycles. The Morgan fingerprint density at radius 3 is 3.24 bits per heavy atom. The SMILES string of the molecule is CCOC1CCCN(Cc2cc(CN)no2)C1. The molecular formula is C12H21N3O2. The molecule has 2 rings (SSSR count). The quantitative estimate of drug-likeness (QED) is 0.834. The molecule has 1 unspecified atom stereocenters. The molecule has 0 bridgehead atoms. The predicted octanol–water partition coefficient (Wildman–Crippen LogP) is 1.13. The van der Waals surface area contributed by atoms with Gasteiger partial charge in [0.2, 0.25) is 0 Å². The lowest BCUT2D eigenvalue weighted by Crippen LogP contribution is -2.39. The van der Waals surface area contributed by atoms with E-state index in [1.54, 1.807) is 0 Å². The van der Waals surface area contributed by atoms with Gasteiger partial charge < -0.3 is 15.0 Å². The highest BCUT2D eigenvalue weighted by Crippen LogP contribution is 2.16. The predicted molar refractivity (Wildman–Crippen MR) is 64.3 cm³/mol. The van der Waals surface area contributed by atoms with Gasteiger partial charge in [-0.2, -0.15) is 0 Å². The fourth-order valence-corrected chi connectivity index (χ4v) is 2.28. The van der Waals surface area contributed by atoms with E-state index in [9.17, 15) is 0 Å². The van der Waals surface area contributed by atoms with Crippen LogP contribution in [0.25, 0.3) is 0 Å². The zero-order valence-electron chi connectivity index (χ0n) is 10.4. The summed E-state index contributed by atoms with van der Waals surface area (Å²) in [6.07, 6.45) is 2.71. The first-order chi connectivity index (χ1) is 8.31. The Morgan fingerprint density at radius 2 is 2.53 bits per heavy atom. The molecule has 2 heterocycles. The lowest BCUT2D eigenvalue weighted by Gasteiger charge is -2.31. The molecule has 5 nitrogen and oxygen atoms in total. The van der Waals surface area contributed by atoms with Crippen molar-refractivity contribution in [3.63, 3.8) is 0 Å². The average molecular weight is 239 g/mol. The van der Waals surface area contributed by atoms with Crippen molar-refractivity contribution in [3.05, 3.63) is 17.5 Å². The zero-order chi connectivity index (χ0) is 12.1. The smallest absolute Gasteiger partial charge is 0.151 e. The first kappa shape index (κ1) is 12.5. The number of ether oxygens (including phenoxy) is 1. The van der Waals surface area contributed by atoms with E-state index in [-0.39, 0.29) is 0 Å². The Kier molecular flexibility index (Phi) is 4.53. The molecule has 0 amide bonds. The van der Waals surface area contributed by atoms with Crippen molar-refractivity contribution >= 4 is 0 Å². The van der Waals surface area contributed by atoms with E-state index in [2.05, 4.69) is 10.1 Å². The monoisotopic (exact) mass is 239 g/mol. The van der Waals surface area contributed by atoms with Gasteiger partial charge in [0.05, 0.1) is 18.3 Å². The van der Waals surface area contributed by atoms with E-state index in [1.165, 1.54) is 6.42 Å². The normalized spacial score (nSPS) is 21.9. The summed E-state index contributed by atoms with van der Waals surface area (Å²) < 4.78 is 10.9. The summed E-state index contributed by atoms with van der Waals surface area (Å²) in [5.74, 6) is 0.891. The van der Waals surface area contributed by atoms with Gasteiger partial charge in [-0.05, 0) is 26.3 Å². The van der Waals surface area contributed by atoms with Crippen LogP contribution in [0, 0.1) is 0 Å². The van der Waals surface area contributed by atoms with Crippen molar-refractivity contribution in [2.75, 3.05) is 19.7 Å². The van der Waals surface area contributed by atoms with Crippen molar-refractivity contribution in [2.24, 2.45) is 5.73 Å². The maximum Gasteiger partial charge on any atom is 0.151 e. The van der Waals surface area contributed by atoms with E-state index in [0.717, 1.165) is 44.1 Å². The van der Waals surface area contributed by atoms with E-state index < -0.39 is 0 Å². The molecule has 1 aliphatic rings. The number of aromatic nitrogens is 1. The van der Waals surface area contributed by atoms with Gasteiger partial charge in [0.1, 0.15) is 0 Å². The third-order valence-corrected chi connectivity index (χ3v) is 3.06.